The molecule has 0 aliphatic carbocycles. The van der Waals surface area contributed by atoms with Crippen molar-refractivity contribution >= 4 is 17.9 Å². The monoisotopic (exact) mass is 568 g/mol. The van der Waals surface area contributed by atoms with Crippen molar-refractivity contribution in [3.8, 4) is 34.1 Å². The molecule has 5 rings (SSSR count). The summed E-state index contributed by atoms with van der Waals surface area (Å²) in [7, 11) is 0. The maximum atomic E-state index is 13.1. The van der Waals surface area contributed by atoms with Gasteiger partial charge < -0.3 is 18.9 Å². The summed E-state index contributed by atoms with van der Waals surface area (Å²) in [5.41, 5.74) is 3.57. The lowest BCUT2D eigenvalue weighted by Gasteiger charge is -2.20. The van der Waals surface area contributed by atoms with Gasteiger partial charge in [-0.1, -0.05) is 48.0 Å². The van der Waals surface area contributed by atoms with Crippen molar-refractivity contribution < 1.29 is 36.9 Å². The van der Waals surface area contributed by atoms with Gasteiger partial charge in [0, 0.05) is 6.07 Å². The van der Waals surface area contributed by atoms with Gasteiger partial charge in [-0.05, 0) is 65.1 Å². The van der Waals surface area contributed by atoms with Crippen LogP contribution in [0.4, 0.5) is 13.2 Å². The van der Waals surface area contributed by atoms with Crippen LogP contribution in [0.5, 0.6) is 23.0 Å². The quantitative estimate of drug-likeness (QED) is 0.201. The van der Waals surface area contributed by atoms with Crippen molar-refractivity contribution in [2.75, 3.05) is 13.2 Å². The molecule has 4 aromatic carbocycles. The van der Waals surface area contributed by atoms with Gasteiger partial charge in [0.25, 0.3) is 0 Å². The highest BCUT2D eigenvalue weighted by Crippen LogP contribution is 2.37. The van der Waals surface area contributed by atoms with Gasteiger partial charge in [0.1, 0.15) is 37.9 Å². The van der Waals surface area contributed by atoms with Gasteiger partial charge >= 0.3 is 6.18 Å². The van der Waals surface area contributed by atoms with Crippen molar-refractivity contribution in [1.29, 1.82) is 0 Å². The number of fused-ring (bicyclic) bond motifs is 1. The van der Waals surface area contributed by atoms with Crippen LogP contribution >= 0.6 is 11.6 Å². The molecule has 1 aliphatic heterocycles. The molecule has 1 aliphatic rings. The normalized spacial score (nSPS) is 12.6. The second-order valence-corrected chi connectivity index (χ2v) is 9.57. The summed E-state index contributed by atoms with van der Waals surface area (Å²) in [6, 6.07) is 19.4. The first kappa shape index (κ1) is 27.4. The third-order valence-electron chi connectivity index (χ3n) is 6.52. The highest BCUT2D eigenvalue weighted by atomic mass is 35.5. The summed E-state index contributed by atoms with van der Waals surface area (Å²) < 4.78 is 62.3. The first-order valence-corrected chi connectivity index (χ1v) is 12.8. The Labute approximate surface area is 234 Å². The zero-order chi connectivity index (χ0) is 28.3. The van der Waals surface area contributed by atoms with E-state index in [4.69, 9.17) is 30.5 Å². The second-order valence-electron chi connectivity index (χ2n) is 9.16. The van der Waals surface area contributed by atoms with E-state index < -0.39 is 11.7 Å². The fourth-order valence-corrected chi connectivity index (χ4v) is 4.62. The lowest BCUT2D eigenvalue weighted by atomic mass is 9.96. The van der Waals surface area contributed by atoms with Gasteiger partial charge in [-0.3, -0.25) is 4.79 Å². The van der Waals surface area contributed by atoms with Crippen LogP contribution in [0.25, 0.3) is 11.1 Å². The molecule has 0 saturated heterocycles. The first-order chi connectivity index (χ1) is 19.2. The topological polar surface area (TPSA) is 54.0 Å². The summed E-state index contributed by atoms with van der Waals surface area (Å²) in [6.45, 7) is 3.01. The van der Waals surface area contributed by atoms with Crippen molar-refractivity contribution in [3.05, 3.63) is 106 Å². The number of benzene rings is 4. The molecule has 0 amide bonds. The molecule has 0 atom stereocenters. The molecule has 0 saturated carbocycles. The summed E-state index contributed by atoms with van der Waals surface area (Å²) in [4.78, 5) is 11.6. The van der Waals surface area contributed by atoms with E-state index in [1.165, 1.54) is 24.3 Å². The van der Waals surface area contributed by atoms with E-state index in [1.807, 2.05) is 43.3 Å². The standard InChI is InChI=1S/C31H24ClF3O5/c1-19-22(5-3-7-25(19)21-8-9-27-30(14-21)38-11-10-37-27)18-40-29-15-28(23(16-36)13-26(29)32)39-17-20-4-2-6-24(12-20)31(33,34)35/h2-9,12-16H,10-11,17-18H2,1H3. The Morgan fingerprint density at radius 2 is 1.62 bits per heavy atom. The molecule has 4 aromatic rings. The number of hydrogen-bond acceptors (Lipinski definition) is 5. The first-order valence-electron chi connectivity index (χ1n) is 12.4. The number of rotatable bonds is 8. The van der Waals surface area contributed by atoms with E-state index in [9.17, 15) is 18.0 Å². The number of carbonyl (C=O) groups is 1. The summed E-state index contributed by atoms with van der Waals surface area (Å²) in [5, 5.41) is 0.203. The number of hydrogen-bond donors (Lipinski definition) is 0. The molecule has 0 bridgehead atoms. The highest BCUT2D eigenvalue weighted by Gasteiger charge is 2.30. The minimum atomic E-state index is -4.47. The third kappa shape index (κ3) is 6.02. The molecule has 40 heavy (non-hydrogen) atoms. The Bertz CT molecular complexity index is 1550. The minimum Gasteiger partial charge on any atom is -0.488 e. The lowest BCUT2D eigenvalue weighted by molar-refractivity contribution is -0.137. The van der Waals surface area contributed by atoms with Crippen molar-refractivity contribution in [3.63, 3.8) is 0 Å². The van der Waals surface area contributed by atoms with E-state index >= 15 is 0 Å². The molecule has 0 aromatic heterocycles. The Kier molecular flexibility index (Phi) is 7.89. The summed E-state index contributed by atoms with van der Waals surface area (Å²) in [6.07, 6.45) is -3.90. The van der Waals surface area contributed by atoms with Gasteiger partial charge in [0.05, 0.1) is 16.1 Å². The zero-order valence-electron chi connectivity index (χ0n) is 21.4. The fourth-order valence-electron chi connectivity index (χ4n) is 4.40. The predicted octanol–water partition coefficient (Wildman–Crippen LogP) is 8.08. The van der Waals surface area contributed by atoms with Gasteiger partial charge in [-0.25, -0.2) is 0 Å². The van der Waals surface area contributed by atoms with Crippen LogP contribution in [0.1, 0.15) is 32.6 Å². The number of ether oxygens (including phenoxy) is 4. The molecule has 0 N–H and O–H groups in total. The van der Waals surface area contributed by atoms with E-state index in [0.717, 1.165) is 34.4 Å². The minimum absolute atomic E-state index is 0.147. The average molecular weight is 569 g/mol. The largest absolute Gasteiger partial charge is 0.488 e. The van der Waals surface area contributed by atoms with E-state index in [1.54, 1.807) is 0 Å². The van der Waals surface area contributed by atoms with Crippen molar-refractivity contribution in [2.45, 2.75) is 26.3 Å². The molecule has 0 spiro atoms. The molecule has 9 heteroatoms. The van der Waals surface area contributed by atoms with Crippen LogP contribution in [0.3, 0.4) is 0 Å². The zero-order valence-corrected chi connectivity index (χ0v) is 22.1. The van der Waals surface area contributed by atoms with Crippen LogP contribution in [0.2, 0.25) is 5.02 Å². The van der Waals surface area contributed by atoms with Crippen LogP contribution in [-0.4, -0.2) is 19.5 Å². The SMILES string of the molecule is Cc1c(COc2cc(OCc3cccc(C(F)(F)F)c3)c(C=O)cc2Cl)cccc1-c1ccc2c(c1)OCCO2. The van der Waals surface area contributed by atoms with Crippen molar-refractivity contribution in [2.24, 2.45) is 0 Å². The van der Waals surface area contributed by atoms with E-state index in [0.29, 0.717) is 36.6 Å². The van der Waals surface area contributed by atoms with Gasteiger partial charge in [0.2, 0.25) is 0 Å². The molecule has 5 nitrogen and oxygen atoms in total. The maximum Gasteiger partial charge on any atom is 0.416 e. The van der Waals surface area contributed by atoms with Gasteiger partial charge in [-0.15, -0.1) is 0 Å². The van der Waals surface area contributed by atoms with Crippen LogP contribution in [-0.2, 0) is 19.4 Å². The van der Waals surface area contributed by atoms with Crippen LogP contribution in [0.15, 0.2) is 72.8 Å². The van der Waals surface area contributed by atoms with E-state index in [2.05, 4.69) is 0 Å². The summed E-state index contributed by atoms with van der Waals surface area (Å²) in [5.74, 6) is 1.83. The van der Waals surface area contributed by atoms with Crippen molar-refractivity contribution in [1.82, 2.24) is 0 Å². The number of carbonyl (C=O) groups excluding carboxylic acids is 1. The summed E-state index contributed by atoms with van der Waals surface area (Å²) >= 11 is 6.38. The third-order valence-corrected chi connectivity index (χ3v) is 6.82. The predicted molar refractivity (Wildman–Crippen MR) is 145 cm³/mol. The van der Waals surface area contributed by atoms with Gasteiger partial charge in [-0.2, -0.15) is 13.2 Å². The Morgan fingerprint density at radius 1 is 0.875 bits per heavy atom. The molecule has 206 valence electrons. The molecule has 0 fully saturated rings. The number of alkyl halides is 3. The molecule has 1 heterocycles. The average Bonchev–Trinajstić information content (AvgIpc) is 2.95. The molecular weight excluding hydrogens is 545 g/mol. The highest BCUT2D eigenvalue weighted by molar-refractivity contribution is 6.32. The maximum absolute atomic E-state index is 13.1. The van der Waals surface area contributed by atoms with Crippen LogP contribution in [0, 0.1) is 6.92 Å². The molecular formula is C31H24ClF3O5. The smallest absolute Gasteiger partial charge is 0.416 e. The Hall–Kier alpha value is -4.17. The second kappa shape index (κ2) is 11.5. The van der Waals surface area contributed by atoms with E-state index in [-0.39, 0.29) is 35.3 Å². The fraction of sp³-hybridized carbons (Fsp3) is 0.194. The Morgan fingerprint density at radius 3 is 2.40 bits per heavy atom. The van der Waals surface area contributed by atoms with Gasteiger partial charge in [0.15, 0.2) is 17.8 Å². The number of aldehydes is 1. The Balaban J connectivity index is 1.34. The number of halogens is 4. The molecule has 0 unspecified atom stereocenters. The lowest BCUT2D eigenvalue weighted by Crippen LogP contribution is -2.15. The molecule has 0 radical (unpaired) electrons. The van der Waals surface area contributed by atoms with Crippen LogP contribution < -0.4 is 18.9 Å².